The Morgan fingerprint density at radius 2 is 2.00 bits per heavy atom. The third-order valence-corrected chi connectivity index (χ3v) is 2.04. The second-order valence-corrected chi connectivity index (χ2v) is 3.41. The van der Waals surface area contributed by atoms with Crippen molar-refractivity contribution in [3.63, 3.8) is 0 Å². The fraction of sp³-hybridized carbons (Fsp3) is 0.250. The number of hydrogen-bond donors (Lipinski definition) is 2. The molecule has 0 unspecified atom stereocenters. The minimum absolute atomic E-state index is 0.191. The molecule has 1 rings (SSSR count). The first kappa shape index (κ1) is 12.2. The molecule has 0 aliphatic carbocycles. The average Bonchev–Trinajstić information content (AvgIpc) is 2.29. The van der Waals surface area contributed by atoms with E-state index in [4.69, 9.17) is 0 Å². The molecule has 4 heteroatoms. The van der Waals surface area contributed by atoms with Crippen LogP contribution in [0.1, 0.15) is 11.1 Å². The van der Waals surface area contributed by atoms with Crippen molar-refractivity contribution in [2.24, 2.45) is 0 Å². The molecular formula is C12H15FN2O. The quantitative estimate of drug-likeness (QED) is 0.806. The molecule has 0 aromatic heterocycles. The molecule has 2 N–H and O–H groups in total. The standard InChI is InChI=1S/C12H15FN2O/c1-10-3-5-11(6-4-10)9-15-12(16)14-8-2-7-13/h2-7H,8-9H2,1H3,(H2,14,15,16)/b7-2+. The lowest BCUT2D eigenvalue weighted by atomic mass is 10.1. The first-order valence-corrected chi connectivity index (χ1v) is 5.05. The van der Waals surface area contributed by atoms with Crippen LogP contribution in [-0.4, -0.2) is 12.6 Å². The van der Waals surface area contributed by atoms with E-state index in [9.17, 15) is 9.18 Å². The zero-order valence-electron chi connectivity index (χ0n) is 9.16. The number of rotatable bonds is 4. The highest BCUT2D eigenvalue weighted by molar-refractivity contribution is 5.73. The molecule has 1 aromatic rings. The molecule has 0 radical (unpaired) electrons. The fourth-order valence-electron chi connectivity index (χ4n) is 1.15. The van der Waals surface area contributed by atoms with Gasteiger partial charge in [0.25, 0.3) is 0 Å². The predicted octanol–water partition coefficient (Wildman–Crippen LogP) is 2.28. The lowest BCUT2D eigenvalue weighted by molar-refractivity contribution is 0.241. The Morgan fingerprint density at radius 3 is 2.62 bits per heavy atom. The average molecular weight is 222 g/mol. The molecule has 1 aromatic carbocycles. The van der Waals surface area contributed by atoms with Gasteiger partial charge in [-0.2, -0.15) is 0 Å². The summed E-state index contributed by atoms with van der Waals surface area (Å²) in [6.45, 7) is 2.66. The van der Waals surface area contributed by atoms with Gasteiger partial charge in [-0.15, -0.1) is 0 Å². The van der Waals surface area contributed by atoms with E-state index in [-0.39, 0.29) is 12.6 Å². The van der Waals surface area contributed by atoms with Crippen LogP contribution < -0.4 is 10.6 Å². The van der Waals surface area contributed by atoms with Crippen LogP contribution in [0.5, 0.6) is 0 Å². The lowest BCUT2D eigenvalue weighted by Gasteiger charge is -2.06. The molecule has 0 saturated carbocycles. The molecule has 0 aliphatic heterocycles. The molecule has 86 valence electrons. The Morgan fingerprint density at radius 1 is 1.31 bits per heavy atom. The van der Waals surface area contributed by atoms with Crippen molar-refractivity contribution in [3.05, 3.63) is 47.8 Å². The first-order chi connectivity index (χ1) is 7.72. The van der Waals surface area contributed by atoms with Gasteiger partial charge in [0.15, 0.2) is 0 Å². The van der Waals surface area contributed by atoms with E-state index in [2.05, 4.69) is 10.6 Å². The predicted molar refractivity (Wildman–Crippen MR) is 61.7 cm³/mol. The van der Waals surface area contributed by atoms with Crippen molar-refractivity contribution in [2.75, 3.05) is 6.54 Å². The molecule has 0 heterocycles. The van der Waals surface area contributed by atoms with E-state index in [1.54, 1.807) is 0 Å². The van der Waals surface area contributed by atoms with Gasteiger partial charge in [-0.25, -0.2) is 9.18 Å². The molecule has 0 fully saturated rings. The van der Waals surface area contributed by atoms with Crippen molar-refractivity contribution in [1.29, 1.82) is 0 Å². The summed E-state index contributed by atoms with van der Waals surface area (Å²) >= 11 is 0. The van der Waals surface area contributed by atoms with Gasteiger partial charge in [0.05, 0.1) is 6.33 Å². The number of amides is 2. The highest BCUT2D eigenvalue weighted by atomic mass is 19.1. The maximum Gasteiger partial charge on any atom is 0.315 e. The van der Waals surface area contributed by atoms with Crippen LogP contribution in [0.2, 0.25) is 0 Å². The molecule has 2 amide bonds. The summed E-state index contributed by atoms with van der Waals surface area (Å²) in [7, 11) is 0. The highest BCUT2D eigenvalue weighted by Gasteiger charge is 1.97. The van der Waals surface area contributed by atoms with Gasteiger partial charge in [0.1, 0.15) is 0 Å². The van der Waals surface area contributed by atoms with Gasteiger partial charge < -0.3 is 10.6 Å². The van der Waals surface area contributed by atoms with E-state index < -0.39 is 0 Å². The summed E-state index contributed by atoms with van der Waals surface area (Å²) in [6.07, 6.45) is 1.63. The number of carbonyl (C=O) groups is 1. The summed E-state index contributed by atoms with van der Waals surface area (Å²) in [6, 6.07) is 7.58. The van der Waals surface area contributed by atoms with E-state index >= 15 is 0 Å². The van der Waals surface area contributed by atoms with Crippen molar-refractivity contribution in [3.8, 4) is 0 Å². The summed E-state index contributed by atoms with van der Waals surface area (Å²) in [5.41, 5.74) is 2.21. The third-order valence-electron chi connectivity index (χ3n) is 2.04. The molecule has 0 bridgehead atoms. The van der Waals surface area contributed by atoms with Gasteiger partial charge in [-0.1, -0.05) is 29.8 Å². The molecule has 16 heavy (non-hydrogen) atoms. The van der Waals surface area contributed by atoms with Crippen molar-refractivity contribution in [2.45, 2.75) is 13.5 Å². The molecule has 0 atom stereocenters. The number of carbonyl (C=O) groups excluding carboxylic acids is 1. The summed E-state index contributed by atoms with van der Waals surface area (Å²) < 4.78 is 11.6. The normalized spacial score (nSPS) is 10.4. The van der Waals surface area contributed by atoms with E-state index in [1.807, 2.05) is 31.2 Å². The van der Waals surface area contributed by atoms with Gasteiger partial charge in [-0.05, 0) is 18.6 Å². The Balaban J connectivity index is 2.28. The zero-order valence-corrected chi connectivity index (χ0v) is 9.16. The molecule has 3 nitrogen and oxygen atoms in total. The fourth-order valence-corrected chi connectivity index (χ4v) is 1.15. The Kier molecular flexibility index (Phi) is 5.05. The van der Waals surface area contributed by atoms with Crippen LogP contribution in [0, 0.1) is 6.92 Å². The topological polar surface area (TPSA) is 41.1 Å². The summed E-state index contributed by atoms with van der Waals surface area (Å²) in [5.74, 6) is 0. The van der Waals surface area contributed by atoms with Crippen LogP contribution in [-0.2, 0) is 6.54 Å². The van der Waals surface area contributed by atoms with Crippen LogP contribution in [0.25, 0.3) is 0 Å². The number of hydrogen-bond acceptors (Lipinski definition) is 1. The van der Waals surface area contributed by atoms with Gasteiger partial charge >= 0.3 is 6.03 Å². The van der Waals surface area contributed by atoms with Crippen LogP contribution in [0.15, 0.2) is 36.7 Å². The second-order valence-electron chi connectivity index (χ2n) is 3.41. The second kappa shape index (κ2) is 6.61. The highest BCUT2D eigenvalue weighted by Crippen LogP contribution is 2.02. The summed E-state index contributed by atoms with van der Waals surface area (Å²) in [5, 5.41) is 5.16. The third kappa shape index (κ3) is 4.59. The van der Waals surface area contributed by atoms with Crippen LogP contribution in [0.4, 0.5) is 9.18 Å². The maximum absolute atomic E-state index is 11.6. The van der Waals surface area contributed by atoms with Gasteiger partial charge in [-0.3, -0.25) is 0 Å². The number of benzene rings is 1. The van der Waals surface area contributed by atoms with Crippen LogP contribution in [0.3, 0.4) is 0 Å². The largest absolute Gasteiger partial charge is 0.335 e. The number of urea groups is 1. The van der Waals surface area contributed by atoms with Crippen molar-refractivity contribution >= 4 is 6.03 Å². The van der Waals surface area contributed by atoms with Gasteiger partial charge in [0.2, 0.25) is 0 Å². The molecule has 0 spiro atoms. The Labute approximate surface area is 94.4 Å². The van der Waals surface area contributed by atoms with Gasteiger partial charge in [0, 0.05) is 13.1 Å². The lowest BCUT2D eigenvalue weighted by Crippen LogP contribution is -2.34. The Bertz CT molecular complexity index is 360. The zero-order chi connectivity index (χ0) is 11.8. The smallest absolute Gasteiger partial charge is 0.315 e. The molecular weight excluding hydrogens is 207 g/mol. The van der Waals surface area contributed by atoms with E-state index in [0.29, 0.717) is 12.9 Å². The Hall–Kier alpha value is -1.84. The van der Waals surface area contributed by atoms with Crippen molar-refractivity contribution < 1.29 is 9.18 Å². The molecule has 0 aliphatic rings. The summed E-state index contributed by atoms with van der Waals surface area (Å²) in [4.78, 5) is 11.2. The maximum atomic E-state index is 11.6. The number of halogens is 1. The minimum atomic E-state index is -0.307. The SMILES string of the molecule is Cc1ccc(CNC(=O)NC/C=C/F)cc1. The van der Waals surface area contributed by atoms with E-state index in [0.717, 1.165) is 5.56 Å². The molecule has 0 saturated heterocycles. The minimum Gasteiger partial charge on any atom is -0.335 e. The van der Waals surface area contributed by atoms with Crippen LogP contribution >= 0.6 is 0 Å². The monoisotopic (exact) mass is 222 g/mol. The number of aryl methyl sites for hydroxylation is 1. The number of nitrogens with one attached hydrogen (secondary N) is 2. The van der Waals surface area contributed by atoms with Crippen molar-refractivity contribution in [1.82, 2.24) is 10.6 Å². The first-order valence-electron chi connectivity index (χ1n) is 5.05. The van der Waals surface area contributed by atoms with E-state index in [1.165, 1.54) is 11.6 Å².